The van der Waals surface area contributed by atoms with Crippen LogP contribution in [-0.4, -0.2) is 11.9 Å². The Kier molecular flexibility index (Phi) is 2.25. The van der Waals surface area contributed by atoms with E-state index in [1.54, 1.807) is 0 Å². The predicted molar refractivity (Wildman–Crippen MR) is 62.7 cm³/mol. The molecule has 1 aromatic carbocycles. The van der Waals surface area contributed by atoms with E-state index in [0.717, 1.165) is 29.7 Å². The Morgan fingerprint density at radius 2 is 2.25 bits per heavy atom. The molecule has 0 amide bonds. The normalized spacial score (nSPS) is 22.9. The van der Waals surface area contributed by atoms with E-state index >= 15 is 0 Å². The topological polar surface area (TPSA) is 26.3 Å². The second-order valence-electron chi connectivity index (χ2n) is 4.20. The summed E-state index contributed by atoms with van der Waals surface area (Å²) < 4.78 is 5.81. The van der Waals surface area contributed by atoms with Crippen molar-refractivity contribution in [1.82, 2.24) is 0 Å². The molecule has 1 saturated carbocycles. The van der Waals surface area contributed by atoms with E-state index in [1.807, 2.05) is 24.3 Å². The van der Waals surface area contributed by atoms with Crippen LogP contribution in [0.5, 0.6) is 5.75 Å². The quantitative estimate of drug-likeness (QED) is 0.689. The number of fused-ring (bicyclic) bond motifs is 2. The maximum absolute atomic E-state index is 11.7. The van der Waals surface area contributed by atoms with Crippen LogP contribution < -0.4 is 4.74 Å². The summed E-state index contributed by atoms with van der Waals surface area (Å²) in [5.74, 6) is 1.04. The van der Waals surface area contributed by atoms with Gasteiger partial charge in [0.2, 0.25) is 0 Å². The molecule has 1 fully saturated rings. The fourth-order valence-electron chi connectivity index (χ4n) is 2.28. The Morgan fingerprint density at radius 3 is 3.12 bits per heavy atom. The van der Waals surface area contributed by atoms with Gasteiger partial charge < -0.3 is 4.74 Å². The van der Waals surface area contributed by atoms with Gasteiger partial charge >= 0.3 is 0 Å². The van der Waals surface area contributed by atoms with Gasteiger partial charge in [0.1, 0.15) is 11.9 Å². The number of rotatable bonds is 0. The monoisotopic (exact) mass is 234 g/mol. The second-order valence-corrected chi connectivity index (χ2v) is 4.64. The van der Waals surface area contributed by atoms with Crippen molar-refractivity contribution < 1.29 is 9.53 Å². The third-order valence-corrected chi connectivity index (χ3v) is 3.33. The van der Waals surface area contributed by atoms with Gasteiger partial charge in [0.15, 0.2) is 5.78 Å². The van der Waals surface area contributed by atoms with Crippen LogP contribution in [0.2, 0.25) is 5.02 Å². The number of carbonyl (C=O) groups excluding carboxylic acids is 1. The molecule has 2 nitrogen and oxygen atoms in total. The molecule has 1 aromatic rings. The van der Waals surface area contributed by atoms with E-state index in [9.17, 15) is 4.79 Å². The van der Waals surface area contributed by atoms with Gasteiger partial charge in [0.25, 0.3) is 0 Å². The van der Waals surface area contributed by atoms with Crippen LogP contribution in [0.25, 0.3) is 6.08 Å². The maximum Gasteiger partial charge on any atom is 0.162 e. The van der Waals surface area contributed by atoms with Crippen molar-refractivity contribution in [3.8, 4) is 5.75 Å². The molecule has 0 radical (unpaired) electrons. The molecule has 0 unspecified atom stereocenters. The van der Waals surface area contributed by atoms with Gasteiger partial charge in [-0.15, -0.1) is 0 Å². The van der Waals surface area contributed by atoms with E-state index in [1.165, 1.54) is 0 Å². The summed E-state index contributed by atoms with van der Waals surface area (Å²) in [5.41, 5.74) is 1.72. The standard InChI is InChI=1S/C13H11ClO2/c14-9-4-5-12-8(6-9)7-10-11(15)2-1-3-13(10)16-12/h4-7,13H,1-3H2/t13-/m1/s1. The second kappa shape index (κ2) is 3.63. The van der Waals surface area contributed by atoms with Crippen LogP contribution in [0.15, 0.2) is 23.8 Å². The molecule has 1 heterocycles. The first-order valence-electron chi connectivity index (χ1n) is 5.45. The van der Waals surface area contributed by atoms with E-state index < -0.39 is 0 Å². The molecule has 16 heavy (non-hydrogen) atoms. The van der Waals surface area contributed by atoms with Gasteiger partial charge in [-0.05, 0) is 37.1 Å². The Hall–Kier alpha value is -1.28. The minimum absolute atomic E-state index is 0.0464. The van der Waals surface area contributed by atoms with Gasteiger partial charge in [0.05, 0.1) is 0 Å². The lowest BCUT2D eigenvalue weighted by Gasteiger charge is -2.29. The molecule has 3 rings (SSSR count). The summed E-state index contributed by atoms with van der Waals surface area (Å²) in [7, 11) is 0. The van der Waals surface area contributed by atoms with Crippen molar-refractivity contribution in [1.29, 1.82) is 0 Å². The average molecular weight is 235 g/mol. The molecule has 0 aromatic heterocycles. The third kappa shape index (κ3) is 1.54. The zero-order valence-electron chi connectivity index (χ0n) is 8.70. The van der Waals surface area contributed by atoms with Crippen molar-refractivity contribution in [2.24, 2.45) is 0 Å². The predicted octanol–water partition coefficient (Wildman–Crippen LogP) is 3.24. The highest BCUT2D eigenvalue weighted by molar-refractivity contribution is 6.30. The number of Topliss-reactive ketones (excluding diaryl/α,β-unsaturated/α-hetero) is 1. The van der Waals surface area contributed by atoms with Gasteiger partial charge in [-0.1, -0.05) is 11.6 Å². The molecule has 3 heteroatoms. The van der Waals surface area contributed by atoms with Crippen molar-refractivity contribution >= 4 is 23.5 Å². The lowest BCUT2D eigenvalue weighted by molar-refractivity contribution is -0.117. The van der Waals surface area contributed by atoms with Crippen LogP contribution in [0.4, 0.5) is 0 Å². The van der Waals surface area contributed by atoms with E-state index in [-0.39, 0.29) is 11.9 Å². The molecular formula is C13H11ClO2. The first-order valence-corrected chi connectivity index (χ1v) is 5.83. The fraction of sp³-hybridized carbons (Fsp3) is 0.308. The van der Waals surface area contributed by atoms with Crippen molar-refractivity contribution in [3.05, 3.63) is 34.4 Å². The average Bonchev–Trinajstić information content (AvgIpc) is 2.28. The first kappa shape index (κ1) is 9.91. The number of hydrogen-bond acceptors (Lipinski definition) is 2. The first-order chi connectivity index (χ1) is 7.74. The Bertz CT molecular complexity index is 491. The SMILES string of the molecule is O=C1CCC[C@H]2Oc3ccc(Cl)cc3C=C12. The van der Waals surface area contributed by atoms with E-state index in [2.05, 4.69) is 0 Å². The van der Waals surface area contributed by atoms with Crippen LogP contribution in [0, 0.1) is 0 Å². The number of benzene rings is 1. The molecule has 0 saturated heterocycles. The summed E-state index contributed by atoms with van der Waals surface area (Å²) in [6.07, 6.45) is 4.37. The summed E-state index contributed by atoms with van der Waals surface area (Å²) in [6, 6.07) is 5.51. The highest BCUT2D eigenvalue weighted by Crippen LogP contribution is 2.36. The highest BCUT2D eigenvalue weighted by atomic mass is 35.5. The van der Waals surface area contributed by atoms with Gasteiger partial charge in [-0.3, -0.25) is 4.79 Å². The third-order valence-electron chi connectivity index (χ3n) is 3.09. The molecule has 1 atom stereocenters. The zero-order valence-corrected chi connectivity index (χ0v) is 9.46. The Labute approximate surface area is 98.9 Å². The molecular weight excluding hydrogens is 224 g/mol. The minimum Gasteiger partial charge on any atom is -0.485 e. The van der Waals surface area contributed by atoms with E-state index in [0.29, 0.717) is 11.4 Å². The van der Waals surface area contributed by atoms with Crippen LogP contribution in [-0.2, 0) is 4.79 Å². The summed E-state index contributed by atoms with van der Waals surface area (Å²) in [4.78, 5) is 11.7. The highest BCUT2D eigenvalue weighted by Gasteiger charge is 2.30. The lowest BCUT2D eigenvalue weighted by atomic mass is 9.87. The summed E-state index contributed by atoms with van der Waals surface area (Å²) >= 11 is 5.92. The number of ether oxygens (including phenoxy) is 1. The molecule has 1 aliphatic carbocycles. The lowest BCUT2D eigenvalue weighted by Crippen LogP contribution is -2.30. The molecule has 2 aliphatic rings. The Balaban J connectivity index is 2.09. The largest absolute Gasteiger partial charge is 0.485 e. The molecule has 0 spiro atoms. The minimum atomic E-state index is -0.0464. The van der Waals surface area contributed by atoms with Gasteiger partial charge in [-0.25, -0.2) is 0 Å². The van der Waals surface area contributed by atoms with Crippen LogP contribution in [0.1, 0.15) is 24.8 Å². The van der Waals surface area contributed by atoms with E-state index in [4.69, 9.17) is 16.3 Å². The number of hydrogen-bond donors (Lipinski definition) is 0. The van der Waals surface area contributed by atoms with Crippen LogP contribution in [0.3, 0.4) is 0 Å². The van der Waals surface area contributed by atoms with Crippen LogP contribution >= 0.6 is 11.6 Å². The molecule has 1 aliphatic heterocycles. The summed E-state index contributed by atoms with van der Waals surface area (Å²) in [6.45, 7) is 0. The van der Waals surface area contributed by atoms with Crippen molar-refractivity contribution in [2.75, 3.05) is 0 Å². The van der Waals surface area contributed by atoms with Gasteiger partial charge in [0, 0.05) is 22.6 Å². The van der Waals surface area contributed by atoms with Crippen molar-refractivity contribution in [3.63, 3.8) is 0 Å². The number of halogens is 1. The molecule has 0 N–H and O–H groups in total. The number of carbonyl (C=O) groups is 1. The molecule has 0 bridgehead atoms. The van der Waals surface area contributed by atoms with Gasteiger partial charge in [-0.2, -0.15) is 0 Å². The fourth-order valence-corrected chi connectivity index (χ4v) is 2.46. The maximum atomic E-state index is 11.7. The number of ketones is 1. The Morgan fingerprint density at radius 1 is 1.38 bits per heavy atom. The summed E-state index contributed by atoms with van der Waals surface area (Å²) in [5, 5.41) is 0.668. The smallest absolute Gasteiger partial charge is 0.162 e. The van der Waals surface area contributed by atoms with Crippen molar-refractivity contribution in [2.45, 2.75) is 25.4 Å². The zero-order chi connectivity index (χ0) is 11.1. The molecule has 82 valence electrons.